The highest BCUT2D eigenvalue weighted by molar-refractivity contribution is 5.97. The molecule has 0 amide bonds. The van der Waals surface area contributed by atoms with E-state index in [9.17, 15) is 4.79 Å². The lowest BCUT2D eigenvalue weighted by Gasteiger charge is -2.28. The summed E-state index contributed by atoms with van der Waals surface area (Å²) in [6.07, 6.45) is 0. The van der Waals surface area contributed by atoms with E-state index in [1.54, 1.807) is 0 Å². The number of tetrazole rings is 1. The van der Waals surface area contributed by atoms with Crippen LogP contribution in [0.25, 0.3) is 5.70 Å². The summed E-state index contributed by atoms with van der Waals surface area (Å²) >= 11 is 0. The Morgan fingerprint density at radius 2 is 1.96 bits per heavy atom. The van der Waals surface area contributed by atoms with Crippen molar-refractivity contribution in [1.82, 2.24) is 20.2 Å². The van der Waals surface area contributed by atoms with E-state index in [1.807, 2.05) is 19.1 Å². The highest BCUT2D eigenvalue weighted by atomic mass is 16.5. The van der Waals surface area contributed by atoms with Crippen molar-refractivity contribution in [3.63, 3.8) is 0 Å². The number of benzene rings is 1. The Hall–Kier alpha value is -2.90. The van der Waals surface area contributed by atoms with E-state index < -0.39 is 5.97 Å². The van der Waals surface area contributed by atoms with Crippen molar-refractivity contribution in [3.05, 3.63) is 35.4 Å². The van der Waals surface area contributed by atoms with Gasteiger partial charge in [-0.1, -0.05) is 17.2 Å². The molecule has 8 nitrogen and oxygen atoms in total. The fraction of sp³-hybridized carbons (Fsp3) is 0.412. The van der Waals surface area contributed by atoms with E-state index in [0.717, 1.165) is 24.3 Å². The number of anilines is 2. The van der Waals surface area contributed by atoms with E-state index in [1.165, 1.54) is 11.8 Å². The molecule has 3 rings (SSSR count). The lowest BCUT2D eigenvalue weighted by molar-refractivity contribution is -0.136. The highest BCUT2D eigenvalue weighted by Gasteiger charge is 2.33. The molecule has 1 atom stereocenters. The van der Waals surface area contributed by atoms with Crippen LogP contribution in [0.2, 0.25) is 0 Å². The molecule has 1 aromatic carbocycles. The van der Waals surface area contributed by atoms with Gasteiger partial charge < -0.3 is 15.0 Å². The zero-order valence-electron chi connectivity index (χ0n) is 14.9. The van der Waals surface area contributed by atoms with Gasteiger partial charge in [-0.3, -0.25) is 0 Å². The Bertz CT molecular complexity index is 792. The Balaban J connectivity index is 2.00. The maximum atomic E-state index is 12.4. The Morgan fingerprint density at radius 1 is 1.28 bits per heavy atom. The zero-order chi connectivity index (χ0) is 18.0. The van der Waals surface area contributed by atoms with Gasteiger partial charge in [-0.25, -0.2) is 4.79 Å². The van der Waals surface area contributed by atoms with Gasteiger partial charge in [0, 0.05) is 18.8 Å². The van der Waals surface area contributed by atoms with Crippen LogP contribution in [0, 0.1) is 0 Å². The van der Waals surface area contributed by atoms with Crippen molar-refractivity contribution in [3.8, 4) is 0 Å². The number of carbonyl (C=O) groups excluding carboxylic acids is 1. The molecule has 1 aromatic heterocycles. The van der Waals surface area contributed by atoms with Crippen LogP contribution in [0.3, 0.4) is 0 Å². The molecule has 2 heterocycles. The Labute approximate surface area is 146 Å². The maximum absolute atomic E-state index is 12.4. The summed E-state index contributed by atoms with van der Waals surface area (Å²) in [5.41, 5.74) is 3.25. The summed E-state index contributed by atoms with van der Waals surface area (Å²) in [4.78, 5) is 14.6. The van der Waals surface area contributed by atoms with E-state index in [-0.39, 0.29) is 6.04 Å². The van der Waals surface area contributed by atoms with Gasteiger partial charge in [0.15, 0.2) is 0 Å². The number of ether oxygens (including phenoxy) is 1. The van der Waals surface area contributed by atoms with Crippen molar-refractivity contribution in [2.24, 2.45) is 0 Å². The predicted octanol–water partition coefficient (Wildman–Crippen LogP) is 2.09. The fourth-order valence-electron chi connectivity index (χ4n) is 3.12. The Kier molecular flexibility index (Phi) is 4.69. The minimum atomic E-state index is -0.399. The number of hydrogen-bond acceptors (Lipinski definition) is 7. The molecule has 1 N–H and O–H groups in total. The minimum Gasteiger partial charge on any atom is -0.466 e. The van der Waals surface area contributed by atoms with E-state index in [4.69, 9.17) is 4.74 Å². The largest absolute Gasteiger partial charge is 0.466 e. The van der Waals surface area contributed by atoms with Crippen molar-refractivity contribution in [2.45, 2.75) is 26.8 Å². The first-order valence-electron chi connectivity index (χ1n) is 8.29. The van der Waals surface area contributed by atoms with Gasteiger partial charge >= 0.3 is 5.97 Å². The number of esters is 1. The topological polar surface area (TPSA) is 85.2 Å². The van der Waals surface area contributed by atoms with Crippen LogP contribution in [0.1, 0.15) is 32.4 Å². The van der Waals surface area contributed by atoms with E-state index in [2.05, 4.69) is 51.7 Å². The van der Waals surface area contributed by atoms with Crippen LogP contribution in [0.15, 0.2) is 29.8 Å². The summed E-state index contributed by atoms with van der Waals surface area (Å²) in [6.45, 7) is 7.95. The lowest BCUT2D eigenvalue weighted by Crippen LogP contribution is -2.28. The van der Waals surface area contributed by atoms with Crippen molar-refractivity contribution >= 4 is 23.3 Å². The fourth-order valence-corrected chi connectivity index (χ4v) is 3.12. The molecular weight excluding hydrogens is 320 g/mol. The summed E-state index contributed by atoms with van der Waals surface area (Å²) in [5.74, 6) is 0.104. The number of allylic oxidation sites excluding steroid dienone is 1. The van der Waals surface area contributed by atoms with Crippen LogP contribution in [0.5, 0.6) is 0 Å². The third-order valence-electron chi connectivity index (χ3n) is 4.50. The number of aromatic nitrogens is 4. The number of carbonyl (C=O) groups is 1. The first-order chi connectivity index (χ1) is 12.1. The molecule has 0 saturated heterocycles. The summed E-state index contributed by atoms with van der Waals surface area (Å²) < 4.78 is 6.48. The number of rotatable bonds is 5. The van der Waals surface area contributed by atoms with E-state index in [0.29, 0.717) is 17.2 Å². The third kappa shape index (κ3) is 2.95. The average Bonchev–Trinajstić information content (AvgIpc) is 3.11. The van der Waals surface area contributed by atoms with Crippen LogP contribution in [-0.2, 0) is 9.53 Å². The van der Waals surface area contributed by atoms with Gasteiger partial charge in [-0.2, -0.15) is 4.68 Å². The first kappa shape index (κ1) is 16.9. The monoisotopic (exact) mass is 342 g/mol. The molecular formula is C17H22N6O2. The number of nitrogens with one attached hydrogen (secondary N) is 1. The highest BCUT2D eigenvalue weighted by Crippen LogP contribution is 2.35. The lowest BCUT2D eigenvalue weighted by atomic mass is 9.95. The third-order valence-corrected chi connectivity index (χ3v) is 4.50. The average molecular weight is 342 g/mol. The van der Waals surface area contributed by atoms with Crippen molar-refractivity contribution in [1.29, 1.82) is 0 Å². The minimum absolute atomic E-state index is 0.364. The predicted molar refractivity (Wildman–Crippen MR) is 95.1 cm³/mol. The number of hydrogen-bond donors (Lipinski definition) is 1. The number of nitrogens with zero attached hydrogens (tertiary/aromatic N) is 5. The molecule has 25 heavy (non-hydrogen) atoms. The van der Waals surface area contributed by atoms with Gasteiger partial charge in [-0.05, 0) is 48.9 Å². The molecule has 0 radical (unpaired) electrons. The Morgan fingerprint density at radius 3 is 2.56 bits per heavy atom. The van der Waals surface area contributed by atoms with Gasteiger partial charge in [-0.15, -0.1) is 0 Å². The summed E-state index contributed by atoms with van der Waals surface area (Å²) in [5, 5.41) is 14.8. The molecule has 0 spiro atoms. The smallest absolute Gasteiger partial charge is 0.338 e. The van der Waals surface area contributed by atoms with E-state index >= 15 is 0 Å². The molecule has 0 saturated carbocycles. The van der Waals surface area contributed by atoms with Crippen LogP contribution >= 0.6 is 0 Å². The van der Waals surface area contributed by atoms with Gasteiger partial charge in [0.25, 0.3) is 0 Å². The number of fused-ring (bicyclic) bond motifs is 1. The molecule has 0 bridgehead atoms. The molecule has 1 aliphatic rings. The normalized spacial score (nSPS) is 16.2. The zero-order valence-corrected chi connectivity index (χ0v) is 14.9. The molecule has 1 aliphatic heterocycles. The summed E-state index contributed by atoms with van der Waals surface area (Å²) in [6, 6.07) is 7.79. The molecule has 0 aliphatic carbocycles. The maximum Gasteiger partial charge on any atom is 0.338 e. The molecule has 1 unspecified atom stereocenters. The second-order valence-electron chi connectivity index (χ2n) is 5.75. The first-order valence-corrected chi connectivity index (χ1v) is 8.29. The second kappa shape index (κ2) is 6.92. The van der Waals surface area contributed by atoms with Gasteiger partial charge in [0.1, 0.15) is 0 Å². The molecule has 8 heteroatoms. The molecule has 132 valence electrons. The van der Waals surface area contributed by atoms with Crippen molar-refractivity contribution < 1.29 is 9.53 Å². The van der Waals surface area contributed by atoms with Crippen LogP contribution in [0.4, 0.5) is 11.6 Å². The van der Waals surface area contributed by atoms with Gasteiger partial charge in [0.2, 0.25) is 5.95 Å². The SMILES string of the molecule is CCN(CC)c1ccc(C2Nc3nnnn3C(C)=C2C(=O)OC)cc1. The second-order valence-corrected chi connectivity index (χ2v) is 5.75. The number of methoxy groups -OCH3 is 1. The standard InChI is InChI=1S/C17H22N6O2/c1-5-22(6-2)13-9-7-12(8-10-13)15-14(16(24)25-4)11(3)23-17(18-15)19-20-21-23/h7-10,15H,5-6H2,1-4H3,(H,18,19,21). The summed E-state index contributed by atoms with van der Waals surface area (Å²) in [7, 11) is 1.37. The van der Waals surface area contributed by atoms with Crippen LogP contribution in [-0.4, -0.2) is 46.4 Å². The van der Waals surface area contributed by atoms with Gasteiger partial charge in [0.05, 0.1) is 24.4 Å². The molecule has 2 aromatic rings. The molecule has 0 fully saturated rings. The quantitative estimate of drug-likeness (QED) is 0.833. The van der Waals surface area contributed by atoms with Crippen LogP contribution < -0.4 is 10.2 Å². The van der Waals surface area contributed by atoms with Crippen molar-refractivity contribution in [2.75, 3.05) is 30.4 Å².